The fraction of sp³-hybridized carbons (Fsp3) is 0.478. The van der Waals surface area contributed by atoms with Crippen LogP contribution in [0.5, 0.6) is 0 Å². The van der Waals surface area contributed by atoms with Crippen molar-refractivity contribution in [2.45, 2.75) is 62.3 Å². The van der Waals surface area contributed by atoms with Crippen LogP contribution in [0.15, 0.2) is 35.6 Å². The van der Waals surface area contributed by atoms with Gasteiger partial charge in [-0.25, -0.2) is 14.5 Å². The van der Waals surface area contributed by atoms with E-state index in [2.05, 4.69) is 37.1 Å². The number of rotatable bonds is 8. The molecule has 11 heteroatoms. The van der Waals surface area contributed by atoms with Gasteiger partial charge in [-0.1, -0.05) is 6.07 Å². The van der Waals surface area contributed by atoms with E-state index in [1.165, 1.54) is 0 Å². The molecular formula is C23H29F2N5O3S. The Kier molecular flexibility index (Phi) is 7.15. The Bertz CT molecular complexity index is 1240. The first-order valence-corrected chi connectivity index (χ1v) is 13.3. The number of pyridine rings is 1. The lowest BCUT2D eigenvalue weighted by Crippen LogP contribution is -2.25. The van der Waals surface area contributed by atoms with E-state index in [0.29, 0.717) is 11.0 Å². The Labute approximate surface area is 197 Å². The second-order valence-corrected chi connectivity index (χ2v) is 11.3. The van der Waals surface area contributed by atoms with Gasteiger partial charge in [-0.15, -0.1) is 5.10 Å². The van der Waals surface area contributed by atoms with Gasteiger partial charge in [-0.2, -0.15) is 8.78 Å². The normalized spacial score (nSPS) is 21.5. The molecule has 4 rings (SSSR count). The number of hydrogen-bond acceptors (Lipinski definition) is 7. The zero-order valence-corrected chi connectivity index (χ0v) is 20.0. The van der Waals surface area contributed by atoms with Crippen LogP contribution in [0.3, 0.4) is 0 Å². The van der Waals surface area contributed by atoms with Crippen LogP contribution in [0.4, 0.5) is 14.7 Å². The van der Waals surface area contributed by atoms with Crippen molar-refractivity contribution >= 4 is 26.9 Å². The maximum absolute atomic E-state index is 12.4. The SMILES string of the molecule is C=S(C)(=O)c1ccc(-c2cc(C3CCC(O)CC3)n3nc(N[C@@H](C)COC(F)F)ncc23)cn1. The Balaban J connectivity index is 1.71. The first-order chi connectivity index (χ1) is 16.1. The van der Waals surface area contributed by atoms with E-state index in [0.717, 1.165) is 48.0 Å². The van der Waals surface area contributed by atoms with E-state index in [-0.39, 0.29) is 18.6 Å². The van der Waals surface area contributed by atoms with Crippen molar-refractivity contribution in [2.24, 2.45) is 0 Å². The smallest absolute Gasteiger partial charge is 0.345 e. The maximum atomic E-state index is 12.4. The van der Waals surface area contributed by atoms with Gasteiger partial charge in [0.15, 0.2) is 0 Å². The molecule has 2 N–H and O–H groups in total. The van der Waals surface area contributed by atoms with Crippen molar-refractivity contribution in [1.82, 2.24) is 19.6 Å². The van der Waals surface area contributed by atoms with Crippen LogP contribution in [0.25, 0.3) is 16.6 Å². The van der Waals surface area contributed by atoms with E-state index >= 15 is 0 Å². The molecule has 1 saturated carbocycles. The Hall–Kier alpha value is -2.63. The molecule has 3 aromatic rings. The number of halogens is 2. The van der Waals surface area contributed by atoms with Crippen LogP contribution in [0, 0.1) is 0 Å². The van der Waals surface area contributed by atoms with E-state index in [9.17, 15) is 18.1 Å². The zero-order chi connectivity index (χ0) is 24.5. The van der Waals surface area contributed by atoms with Crippen molar-refractivity contribution in [3.05, 3.63) is 36.3 Å². The molecule has 0 amide bonds. The molecule has 2 atom stereocenters. The molecule has 1 aliphatic rings. The first kappa shape index (κ1) is 24.5. The predicted molar refractivity (Wildman–Crippen MR) is 128 cm³/mol. The highest BCUT2D eigenvalue weighted by Crippen LogP contribution is 2.37. The van der Waals surface area contributed by atoms with Gasteiger partial charge in [-0.05, 0) is 50.6 Å². The summed E-state index contributed by atoms with van der Waals surface area (Å²) in [7, 11) is -2.42. The molecule has 0 aromatic carbocycles. The lowest BCUT2D eigenvalue weighted by molar-refractivity contribution is -0.130. The number of nitrogens with one attached hydrogen (secondary N) is 1. The van der Waals surface area contributed by atoms with Gasteiger partial charge in [0, 0.05) is 50.8 Å². The average Bonchev–Trinajstić information content (AvgIpc) is 3.16. The summed E-state index contributed by atoms with van der Waals surface area (Å²) < 4.78 is 43.1. The summed E-state index contributed by atoms with van der Waals surface area (Å²) in [6.45, 7) is -1.31. The second kappa shape index (κ2) is 9.93. The molecule has 0 aliphatic heterocycles. The van der Waals surface area contributed by atoms with E-state index in [1.54, 1.807) is 31.6 Å². The zero-order valence-electron chi connectivity index (χ0n) is 19.2. The maximum Gasteiger partial charge on any atom is 0.345 e. The third-order valence-corrected chi connectivity index (χ3v) is 7.12. The molecule has 0 spiro atoms. The number of aliphatic hydroxyl groups is 1. The summed E-state index contributed by atoms with van der Waals surface area (Å²) in [4.78, 5) is 8.73. The van der Waals surface area contributed by atoms with Gasteiger partial charge in [0.05, 0.1) is 24.4 Å². The molecule has 3 heterocycles. The van der Waals surface area contributed by atoms with Crippen LogP contribution in [0.1, 0.15) is 44.2 Å². The number of ether oxygens (including phenoxy) is 1. The van der Waals surface area contributed by atoms with E-state index in [1.807, 2.05) is 10.6 Å². The molecular weight excluding hydrogens is 464 g/mol. The predicted octanol–water partition coefficient (Wildman–Crippen LogP) is 3.55. The molecule has 34 heavy (non-hydrogen) atoms. The highest BCUT2D eigenvalue weighted by molar-refractivity contribution is 7.99. The van der Waals surface area contributed by atoms with Crippen molar-refractivity contribution < 1.29 is 22.8 Å². The lowest BCUT2D eigenvalue weighted by Gasteiger charge is -2.25. The minimum absolute atomic E-state index is 0.186. The van der Waals surface area contributed by atoms with Crippen LogP contribution < -0.4 is 5.32 Å². The Morgan fingerprint density at radius 3 is 2.62 bits per heavy atom. The van der Waals surface area contributed by atoms with Crippen LogP contribution in [-0.2, 0) is 14.3 Å². The number of anilines is 1. The Morgan fingerprint density at radius 1 is 1.26 bits per heavy atom. The molecule has 8 nitrogen and oxygen atoms in total. The topological polar surface area (TPSA) is 102 Å². The molecule has 0 radical (unpaired) electrons. The lowest BCUT2D eigenvalue weighted by atomic mass is 9.85. The molecule has 1 fully saturated rings. The quantitative estimate of drug-likeness (QED) is 0.463. The third-order valence-electron chi connectivity index (χ3n) is 6.00. The fourth-order valence-electron chi connectivity index (χ4n) is 4.25. The number of aliphatic hydroxyl groups excluding tert-OH is 1. The van der Waals surface area contributed by atoms with Crippen LogP contribution >= 0.6 is 0 Å². The van der Waals surface area contributed by atoms with Crippen molar-refractivity contribution in [3.8, 4) is 11.1 Å². The van der Waals surface area contributed by atoms with Gasteiger partial charge in [0.1, 0.15) is 5.03 Å². The minimum atomic E-state index is -2.84. The summed E-state index contributed by atoms with van der Waals surface area (Å²) in [5.74, 6) is 4.19. The van der Waals surface area contributed by atoms with E-state index in [4.69, 9.17) is 0 Å². The standard InChI is InChI=1S/C23H29F2N5O3S/c1-14(13-33-22(24)25)28-23-27-12-20-18(16-6-9-21(26-11-16)34(2,3)32)10-19(30(20)29-23)15-4-7-17(31)8-5-15/h6,9-12,14-15,17,22,31H,2,4-5,7-8,13H2,1,3H3,(H,28,29)/t14-,15?,17?,34?/m0/s1. The van der Waals surface area contributed by atoms with Gasteiger partial charge in [0.25, 0.3) is 0 Å². The van der Waals surface area contributed by atoms with E-state index < -0.39 is 22.2 Å². The fourth-order valence-corrected chi connectivity index (χ4v) is 4.88. The second-order valence-electron chi connectivity index (χ2n) is 8.90. The monoisotopic (exact) mass is 493 g/mol. The molecule has 184 valence electrons. The van der Waals surface area contributed by atoms with Gasteiger partial charge < -0.3 is 15.2 Å². The third kappa shape index (κ3) is 5.53. The first-order valence-electron chi connectivity index (χ1n) is 11.1. The van der Waals surface area contributed by atoms with Crippen molar-refractivity contribution in [3.63, 3.8) is 0 Å². The number of aromatic nitrogens is 4. The Morgan fingerprint density at radius 2 is 2.00 bits per heavy atom. The summed E-state index contributed by atoms with van der Waals surface area (Å²) in [6.07, 6.45) is 7.71. The highest BCUT2D eigenvalue weighted by atomic mass is 32.2. The summed E-state index contributed by atoms with van der Waals surface area (Å²) in [5.41, 5.74) is 3.46. The summed E-state index contributed by atoms with van der Waals surface area (Å²) >= 11 is 0. The van der Waals surface area contributed by atoms with Gasteiger partial charge in [0.2, 0.25) is 5.95 Å². The van der Waals surface area contributed by atoms with Crippen LogP contribution in [-0.4, -0.2) is 66.4 Å². The molecule has 0 saturated heterocycles. The average molecular weight is 494 g/mol. The van der Waals surface area contributed by atoms with Gasteiger partial charge in [-0.3, -0.25) is 4.21 Å². The molecule has 1 aliphatic carbocycles. The summed E-state index contributed by atoms with van der Waals surface area (Å²) in [5, 5.41) is 18.0. The number of nitrogens with zero attached hydrogens (tertiary/aromatic N) is 4. The number of fused-ring (bicyclic) bond motifs is 1. The molecule has 1 unspecified atom stereocenters. The molecule has 0 bridgehead atoms. The summed E-state index contributed by atoms with van der Waals surface area (Å²) in [6, 6.07) is 5.21. The number of alkyl halides is 2. The number of hydrogen-bond donors (Lipinski definition) is 2. The van der Waals surface area contributed by atoms with Crippen molar-refractivity contribution in [1.29, 1.82) is 0 Å². The van der Waals surface area contributed by atoms with Gasteiger partial charge >= 0.3 is 6.61 Å². The van der Waals surface area contributed by atoms with Crippen LogP contribution in [0.2, 0.25) is 0 Å². The molecule has 3 aromatic heterocycles. The minimum Gasteiger partial charge on any atom is -0.393 e. The largest absolute Gasteiger partial charge is 0.393 e. The van der Waals surface area contributed by atoms with Crippen molar-refractivity contribution in [2.75, 3.05) is 18.2 Å². The highest BCUT2D eigenvalue weighted by Gasteiger charge is 2.26.